The maximum atomic E-state index is 5.91. The number of ether oxygens (including phenoxy) is 2. The molecule has 0 bridgehead atoms. The first-order chi connectivity index (χ1) is 12.7. The highest BCUT2D eigenvalue weighted by atomic mass is 16.5. The molecule has 2 heteroatoms. The predicted octanol–water partition coefficient (Wildman–Crippen LogP) is 6.12. The Bertz CT molecular complexity index is 795. The van der Waals surface area contributed by atoms with Crippen LogP contribution in [0, 0.1) is 5.41 Å². The third-order valence-electron chi connectivity index (χ3n) is 6.35. The van der Waals surface area contributed by atoms with Crippen LogP contribution in [-0.4, -0.2) is 20.3 Å². The van der Waals surface area contributed by atoms with E-state index in [1.54, 1.807) is 7.11 Å². The summed E-state index contributed by atoms with van der Waals surface area (Å²) in [6.45, 7) is 16.9. The molecular formula is C25H34O2. The quantitative estimate of drug-likeness (QED) is 0.565. The van der Waals surface area contributed by atoms with Crippen LogP contribution in [0.3, 0.4) is 0 Å². The molecule has 1 aromatic rings. The lowest BCUT2D eigenvalue weighted by atomic mass is 9.71. The summed E-state index contributed by atoms with van der Waals surface area (Å²) >= 11 is 0. The molecule has 2 aliphatic rings. The Labute approximate surface area is 165 Å². The fourth-order valence-corrected chi connectivity index (χ4v) is 5.55. The van der Waals surface area contributed by atoms with E-state index in [0.717, 1.165) is 18.6 Å². The van der Waals surface area contributed by atoms with Crippen molar-refractivity contribution in [2.24, 2.45) is 5.41 Å². The van der Waals surface area contributed by atoms with Gasteiger partial charge in [-0.15, -0.1) is 0 Å². The van der Waals surface area contributed by atoms with Crippen molar-refractivity contribution in [1.29, 1.82) is 0 Å². The number of methoxy groups -OCH3 is 1. The second-order valence-electron chi connectivity index (χ2n) is 9.28. The molecule has 2 aliphatic carbocycles. The molecule has 1 unspecified atom stereocenters. The number of hydrogen-bond acceptors (Lipinski definition) is 2. The molecule has 0 radical (unpaired) electrons. The zero-order valence-electron chi connectivity index (χ0n) is 17.8. The van der Waals surface area contributed by atoms with Gasteiger partial charge in [0.25, 0.3) is 0 Å². The SMILES string of the molecule is C=CC1=C(/C=C\C)C2(CC1(C)C)CC(C)(C)c1cc(OCCOC)ccc12. The zero-order chi connectivity index (χ0) is 19.9. The number of benzene rings is 1. The van der Waals surface area contributed by atoms with Gasteiger partial charge in [0.15, 0.2) is 0 Å². The Balaban J connectivity index is 2.13. The van der Waals surface area contributed by atoms with E-state index in [0.29, 0.717) is 13.2 Å². The Morgan fingerprint density at radius 1 is 1.00 bits per heavy atom. The minimum Gasteiger partial charge on any atom is -0.491 e. The molecule has 146 valence electrons. The zero-order valence-corrected chi connectivity index (χ0v) is 17.8. The lowest BCUT2D eigenvalue weighted by molar-refractivity contribution is 0.146. The minimum atomic E-state index is 0.0590. The van der Waals surface area contributed by atoms with Crippen molar-refractivity contribution in [2.45, 2.75) is 58.3 Å². The van der Waals surface area contributed by atoms with Crippen molar-refractivity contribution >= 4 is 0 Å². The third kappa shape index (κ3) is 3.18. The van der Waals surface area contributed by atoms with Crippen LogP contribution in [0.1, 0.15) is 58.6 Å². The maximum Gasteiger partial charge on any atom is 0.119 e. The average molecular weight is 367 g/mol. The van der Waals surface area contributed by atoms with E-state index in [1.807, 2.05) is 0 Å². The highest BCUT2D eigenvalue weighted by molar-refractivity contribution is 5.61. The summed E-state index contributed by atoms with van der Waals surface area (Å²) in [5.74, 6) is 0.939. The molecular weight excluding hydrogens is 332 g/mol. The molecule has 0 heterocycles. The van der Waals surface area contributed by atoms with Crippen LogP contribution in [0.4, 0.5) is 0 Å². The summed E-state index contributed by atoms with van der Waals surface area (Å²) in [6.07, 6.45) is 8.82. The molecule has 0 fully saturated rings. The third-order valence-corrected chi connectivity index (χ3v) is 6.35. The normalized spacial score (nSPS) is 25.4. The molecule has 1 aromatic carbocycles. The largest absolute Gasteiger partial charge is 0.491 e. The fourth-order valence-electron chi connectivity index (χ4n) is 5.55. The summed E-state index contributed by atoms with van der Waals surface area (Å²) in [5, 5.41) is 0. The minimum absolute atomic E-state index is 0.0590. The summed E-state index contributed by atoms with van der Waals surface area (Å²) < 4.78 is 11.0. The smallest absolute Gasteiger partial charge is 0.119 e. The molecule has 27 heavy (non-hydrogen) atoms. The van der Waals surface area contributed by atoms with Crippen LogP contribution < -0.4 is 4.74 Å². The average Bonchev–Trinajstić information content (AvgIpc) is 2.94. The Morgan fingerprint density at radius 2 is 1.70 bits per heavy atom. The Hall–Kier alpha value is -1.80. The van der Waals surface area contributed by atoms with Gasteiger partial charge in [0.05, 0.1) is 6.61 Å². The van der Waals surface area contributed by atoms with Gasteiger partial charge in [-0.2, -0.15) is 0 Å². The van der Waals surface area contributed by atoms with Crippen molar-refractivity contribution in [1.82, 2.24) is 0 Å². The van der Waals surface area contributed by atoms with Crippen molar-refractivity contribution in [3.63, 3.8) is 0 Å². The maximum absolute atomic E-state index is 5.91. The molecule has 0 saturated carbocycles. The number of hydrogen-bond donors (Lipinski definition) is 0. The monoisotopic (exact) mass is 366 g/mol. The van der Waals surface area contributed by atoms with E-state index in [1.165, 1.54) is 22.3 Å². The van der Waals surface area contributed by atoms with E-state index in [-0.39, 0.29) is 16.2 Å². The predicted molar refractivity (Wildman–Crippen MR) is 114 cm³/mol. The van der Waals surface area contributed by atoms with Gasteiger partial charge >= 0.3 is 0 Å². The van der Waals surface area contributed by atoms with Gasteiger partial charge < -0.3 is 9.47 Å². The molecule has 0 saturated heterocycles. The lowest BCUT2D eigenvalue weighted by Crippen LogP contribution is -2.27. The van der Waals surface area contributed by atoms with Gasteiger partial charge in [-0.1, -0.05) is 58.6 Å². The van der Waals surface area contributed by atoms with E-state index >= 15 is 0 Å². The van der Waals surface area contributed by atoms with Gasteiger partial charge in [-0.05, 0) is 65.0 Å². The molecule has 0 aromatic heterocycles. The van der Waals surface area contributed by atoms with Crippen molar-refractivity contribution in [3.05, 3.63) is 65.3 Å². The van der Waals surface area contributed by atoms with Crippen molar-refractivity contribution in [2.75, 3.05) is 20.3 Å². The second-order valence-corrected chi connectivity index (χ2v) is 9.28. The molecule has 1 atom stereocenters. The Morgan fingerprint density at radius 3 is 2.33 bits per heavy atom. The van der Waals surface area contributed by atoms with Gasteiger partial charge in [0, 0.05) is 12.5 Å². The van der Waals surface area contributed by atoms with Crippen molar-refractivity contribution in [3.8, 4) is 5.75 Å². The topological polar surface area (TPSA) is 18.5 Å². The van der Waals surface area contributed by atoms with E-state index in [9.17, 15) is 0 Å². The van der Waals surface area contributed by atoms with E-state index in [2.05, 4.69) is 77.6 Å². The van der Waals surface area contributed by atoms with Crippen LogP contribution in [-0.2, 0) is 15.6 Å². The van der Waals surface area contributed by atoms with Gasteiger partial charge in [0.1, 0.15) is 12.4 Å². The number of allylic oxidation sites excluding steroid dienone is 5. The van der Waals surface area contributed by atoms with Crippen LogP contribution >= 0.6 is 0 Å². The van der Waals surface area contributed by atoms with E-state index < -0.39 is 0 Å². The van der Waals surface area contributed by atoms with Gasteiger partial charge in [-0.3, -0.25) is 0 Å². The van der Waals surface area contributed by atoms with Crippen LogP contribution in [0.2, 0.25) is 0 Å². The molecule has 0 amide bonds. The molecule has 0 N–H and O–H groups in total. The standard InChI is InChI=1S/C25H34O2/c1-8-10-20-19(9-2)23(3,4)16-25(20)17-24(5,6)22-15-18(11-12-21(22)25)27-14-13-26-7/h8-12,15H,2,13-14,16-17H2,1,3-7H3/b10-8-. The first-order valence-corrected chi connectivity index (χ1v) is 9.99. The molecule has 0 aliphatic heterocycles. The molecule has 3 rings (SSSR count). The first kappa shape index (κ1) is 19.9. The number of rotatable bonds is 6. The Kier molecular flexibility index (Phi) is 5.16. The second kappa shape index (κ2) is 6.98. The van der Waals surface area contributed by atoms with Gasteiger partial charge in [0.2, 0.25) is 0 Å². The highest BCUT2D eigenvalue weighted by Crippen LogP contribution is 2.64. The highest BCUT2D eigenvalue weighted by Gasteiger charge is 2.56. The summed E-state index contributed by atoms with van der Waals surface area (Å²) in [6, 6.07) is 6.69. The van der Waals surface area contributed by atoms with E-state index in [4.69, 9.17) is 9.47 Å². The fraction of sp³-hybridized carbons (Fsp3) is 0.520. The van der Waals surface area contributed by atoms with Crippen molar-refractivity contribution < 1.29 is 9.47 Å². The van der Waals surface area contributed by atoms with Crippen LogP contribution in [0.15, 0.2) is 54.2 Å². The molecule has 1 spiro atoms. The first-order valence-electron chi connectivity index (χ1n) is 9.99. The summed E-state index contributed by atoms with van der Waals surface area (Å²) in [4.78, 5) is 0. The summed E-state index contributed by atoms with van der Waals surface area (Å²) in [5.41, 5.74) is 6.01. The van der Waals surface area contributed by atoms with Gasteiger partial charge in [-0.25, -0.2) is 0 Å². The molecule has 2 nitrogen and oxygen atoms in total. The van der Waals surface area contributed by atoms with Crippen LogP contribution in [0.5, 0.6) is 5.75 Å². The number of fused-ring (bicyclic) bond motifs is 2. The summed E-state index contributed by atoms with van der Waals surface area (Å²) in [7, 11) is 1.70. The lowest BCUT2D eigenvalue weighted by Gasteiger charge is -2.32. The van der Waals surface area contributed by atoms with Crippen LogP contribution in [0.25, 0.3) is 0 Å².